The number of hydrogen-bond donors (Lipinski definition) is 2. The van der Waals surface area contributed by atoms with E-state index in [0.29, 0.717) is 18.5 Å². The van der Waals surface area contributed by atoms with Crippen LogP contribution in [-0.2, 0) is 0 Å². The third-order valence-electron chi connectivity index (χ3n) is 2.23. The lowest BCUT2D eigenvalue weighted by atomic mass is 10.0. The first kappa shape index (κ1) is 10.9. The van der Waals surface area contributed by atoms with Crippen LogP contribution in [0, 0.1) is 5.92 Å². The summed E-state index contributed by atoms with van der Waals surface area (Å²) in [6.45, 7) is 9.07. The number of rotatable bonds is 5. The molecule has 2 heteroatoms. The highest BCUT2D eigenvalue weighted by molar-refractivity contribution is 4.67. The van der Waals surface area contributed by atoms with Crippen LogP contribution in [0.15, 0.2) is 0 Å². The molecule has 68 valence electrons. The second kappa shape index (κ2) is 5.56. The topological polar surface area (TPSA) is 32.3 Å². The molecular formula is C9H21NO. The van der Waals surface area contributed by atoms with Crippen molar-refractivity contribution in [1.82, 2.24) is 5.32 Å². The normalized spacial score (nSPS) is 19.4. The molecule has 0 saturated heterocycles. The van der Waals surface area contributed by atoms with Gasteiger partial charge in [-0.3, -0.25) is 0 Å². The fraction of sp³-hybridized carbons (Fsp3) is 1.00. The van der Waals surface area contributed by atoms with Crippen LogP contribution in [0.4, 0.5) is 0 Å². The van der Waals surface area contributed by atoms with Gasteiger partial charge in [-0.15, -0.1) is 0 Å². The monoisotopic (exact) mass is 159 g/mol. The smallest absolute Gasteiger partial charge is 0.0636 e. The van der Waals surface area contributed by atoms with Crippen molar-refractivity contribution < 1.29 is 5.11 Å². The molecule has 0 bridgehead atoms. The summed E-state index contributed by atoms with van der Waals surface area (Å²) in [5.74, 6) is 0.689. The van der Waals surface area contributed by atoms with Gasteiger partial charge in [-0.25, -0.2) is 0 Å². The fourth-order valence-corrected chi connectivity index (χ4v) is 0.911. The van der Waals surface area contributed by atoms with Crippen molar-refractivity contribution in [3.63, 3.8) is 0 Å². The van der Waals surface area contributed by atoms with Gasteiger partial charge >= 0.3 is 0 Å². The van der Waals surface area contributed by atoms with Crippen molar-refractivity contribution in [2.24, 2.45) is 5.92 Å². The molecule has 0 amide bonds. The van der Waals surface area contributed by atoms with E-state index in [1.165, 1.54) is 6.42 Å². The molecule has 0 aliphatic carbocycles. The molecule has 0 spiro atoms. The molecule has 3 atom stereocenters. The number of nitrogens with one attached hydrogen (secondary N) is 1. The van der Waals surface area contributed by atoms with Gasteiger partial charge in [0.2, 0.25) is 0 Å². The molecular weight excluding hydrogens is 138 g/mol. The zero-order valence-electron chi connectivity index (χ0n) is 8.09. The molecule has 0 unspecified atom stereocenters. The molecule has 0 aromatic carbocycles. The zero-order chi connectivity index (χ0) is 8.85. The minimum atomic E-state index is -0.235. The second-order valence-electron chi connectivity index (χ2n) is 3.43. The van der Waals surface area contributed by atoms with Gasteiger partial charge in [0.25, 0.3) is 0 Å². The molecule has 0 aliphatic rings. The summed E-state index contributed by atoms with van der Waals surface area (Å²) in [5.41, 5.74) is 0. The van der Waals surface area contributed by atoms with Gasteiger partial charge in [0.05, 0.1) is 6.10 Å². The van der Waals surface area contributed by atoms with Gasteiger partial charge in [-0.1, -0.05) is 20.3 Å². The first-order valence-corrected chi connectivity index (χ1v) is 4.49. The Hall–Kier alpha value is -0.0800. The summed E-state index contributed by atoms with van der Waals surface area (Å²) in [6.07, 6.45) is 0.954. The van der Waals surface area contributed by atoms with E-state index < -0.39 is 0 Å². The summed E-state index contributed by atoms with van der Waals surface area (Å²) in [4.78, 5) is 0. The third-order valence-corrected chi connectivity index (χ3v) is 2.23. The highest BCUT2D eigenvalue weighted by atomic mass is 16.3. The second-order valence-corrected chi connectivity index (χ2v) is 3.43. The molecule has 11 heavy (non-hydrogen) atoms. The van der Waals surface area contributed by atoms with Gasteiger partial charge in [0.1, 0.15) is 0 Å². The molecule has 0 radical (unpaired) electrons. The molecule has 0 aromatic rings. The van der Waals surface area contributed by atoms with Crippen LogP contribution < -0.4 is 5.32 Å². The molecule has 0 aliphatic heterocycles. The Kier molecular flexibility index (Phi) is 5.51. The molecule has 0 rings (SSSR count). The molecule has 2 N–H and O–H groups in total. The fourth-order valence-electron chi connectivity index (χ4n) is 0.911. The Labute approximate surface area is 70.0 Å². The van der Waals surface area contributed by atoms with E-state index in [0.717, 1.165) is 0 Å². The Morgan fingerprint density at radius 1 is 1.27 bits per heavy atom. The maximum Gasteiger partial charge on any atom is 0.0636 e. The summed E-state index contributed by atoms with van der Waals surface area (Å²) in [7, 11) is 0. The summed E-state index contributed by atoms with van der Waals surface area (Å²) >= 11 is 0. The minimum absolute atomic E-state index is 0.235. The first-order chi connectivity index (χ1) is 5.07. The maximum atomic E-state index is 8.99. The van der Waals surface area contributed by atoms with Crippen molar-refractivity contribution in [3.05, 3.63) is 0 Å². The van der Waals surface area contributed by atoms with Gasteiger partial charge in [0.15, 0.2) is 0 Å². The van der Waals surface area contributed by atoms with Crippen molar-refractivity contribution >= 4 is 0 Å². The summed E-state index contributed by atoms with van der Waals surface area (Å²) in [5, 5.41) is 12.3. The molecule has 2 nitrogen and oxygen atoms in total. The van der Waals surface area contributed by atoms with Crippen LogP contribution in [-0.4, -0.2) is 23.8 Å². The van der Waals surface area contributed by atoms with Crippen molar-refractivity contribution in [2.75, 3.05) is 6.54 Å². The van der Waals surface area contributed by atoms with Crippen LogP contribution in [0.1, 0.15) is 34.1 Å². The summed E-state index contributed by atoms with van der Waals surface area (Å²) < 4.78 is 0. The minimum Gasteiger partial charge on any atom is -0.392 e. The van der Waals surface area contributed by atoms with Gasteiger partial charge in [-0.05, 0) is 19.8 Å². The Balaban J connectivity index is 3.43. The van der Waals surface area contributed by atoms with E-state index in [1.807, 2.05) is 0 Å². The van der Waals surface area contributed by atoms with Crippen LogP contribution in [0.25, 0.3) is 0 Å². The predicted molar refractivity (Wildman–Crippen MR) is 48.6 cm³/mol. The van der Waals surface area contributed by atoms with Crippen LogP contribution in [0.3, 0.4) is 0 Å². The van der Waals surface area contributed by atoms with E-state index in [1.54, 1.807) is 6.92 Å². The number of aliphatic hydroxyl groups excluding tert-OH is 1. The number of aliphatic hydroxyl groups is 1. The van der Waals surface area contributed by atoms with Crippen LogP contribution in [0.5, 0.6) is 0 Å². The third kappa shape index (κ3) is 5.22. The highest BCUT2D eigenvalue weighted by Crippen LogP contribution is 2.05. The lowest BCUT2D eigenvalue weighted by Gasteiger charge is -2.20. The quantitative estimate of drug-likeness (QED) is 0.635. The maximum absolute atomic E-state index is 8.99. The van der Waals surface area contributed by atoms with E-state index in [4.69, 9.17) is 5.11 Å². The van der Waals surface area contributed by atoms with E-state index in [9.17, 15) is 0 Å². The van der Waals surface area contributed by atoms with E-state index in [2.05, 4.69) is 26.1 Å². The van der Waals surface area contributed by atoms with E-state index >= 15 is 0 Å². The molecule has 0 heterocycles. The SMILES string of the molecule is CC[C@H](C)[C@H](C)NC[C@H](C)O. The first-order valence-electron chi connectivity index (χ1n) is 4.49. The van der Waals surface area contributed by atoms with Crippen LogP contribution >= 0.6 is 0 Å². The standard InChI is InChI=1S/C9H21NO/c1-5-7(2)9(4)10-6-8(3)11/h7-11H,5-6H2,1-4H3/t7-,8-,9-/m0/s1. The Morgan fingerprint density at radius 3 is 2.18 bits per heavy atom. The molecule has 0 aromatic heterocycles. The predicted octanol–water partition coefficient (Wildman–Crippen LogP) is 1.39. The highest BCUT2D eigenvalue weighted by Gasteiger charge is 2.09. The zero-order valence-corrected chi connectivity index (χ0v) is 8.09. The average Bonchev–Trinajstić information content (AvgIpc) is 1.98. The van der Waals surface area contributed by atoms with Gasteiger partial charge in [0, 0.05) is 12.6 Å². The Morgan fingerprint density at radius 2 is 1.82 bits per heavy atom. The lowest BCUT2D eigenvalue weighted by molar-refractivity contribution is 0.182. The van der Waals surface area contributed by atoms with Crippen molar-refractivity contribution in [2.45, 2.75) is 46.3 Å². The largest absolute Gasteiger partial charge is 0.392 e. The van der Waals surface area contributed by atoms with Crippen molar-refractivity contribution in [3.8, 4) is 0 Å². The van der Waals surface area contributed by atoms with Gasteiger partial charge < -0.3 is 10.4 Å². The van der Waals surface area contributed by atoms with Gasteiger partial charge in [-0.2, -0.15) is 0 Å². The average molecular weight is 159 g/mol. The van der Waals surface area contributed by atoms with E-state index in [-0.39, 0.29) is 6.10 Å². The molecule has 0 fully saturated rings. The van der Waals surface area contributed by atoms with Crippen LogP contribution in [0.2, 0.25) is 0 Å². The van der Waals surface area contributed by atoms with Crippen molar-refractivity contribution in [1.29, 1.82) is 0 Å². The lowest BCUT2D eigenvalue weighted by Crippen LogP contribution is -2.36. The molecule has 0 saturated carbocycles. The summed E-state index contributed by atoms with van der Waals surface area (Å²) in [6, 6.07) is 0.509. The Bertz CT molecular complexity index is 93.6. The number of hydrogen-bond acceptors (Lipinski definition) is 2.